The van der Waals surface area contributed by atoms with Crippen molar-refractivity contribution in [3.63, 3.8) is 0 Å². The Kier molecular flexibility index (Phi) is 5.68. The molecule has 0 aliphatic carbocycles. The van der Waals surface area contributed by atoms with E-state index in [2.05, 4.69) is 15.8 Å². The molecule has 0 atom stereocenters. The number of carbonyl (C=O) groups excluding carboxylic acids is 2. The van der Waals surface area contributed by atoms with Gasteiger partial charge in [0.2, 0.25) is 11.8 Å². The fraction of sp³-hybridized carbons (Fsp3) is 0.0625. The average molecular weight is 316 g/mol. The van der Waals surface area contributed by atoms with Gasteiger partial charge in [-0.3, -0.25) is 9.59 Å². The van der Waals surface area contributed by atoms with Crippen molar-refractivity contribution in [3.05, 3.63) is 65.2 Å². The first-order valence-corrected chi connectivity index (χ1v) is 6.94. The number of anilines is 1. The van der Waals surface area contributed by atoms with Crippen molar-refractivity contribution >= 4 is 35.3 Å². The Morgan fingerprint density at radius 2 is 1.68 bits per heavy atom. The summed E-state index contributed by atoms with van der Waals surface area (Å²) in [4.78, 5) is 23.3. The summed E-state index contributed by atoms with van der Waals surface area (Å²) in [6, 6.07) is 16.1. The molecule has 0 aliphatic rings. The van der Waals surface area contributed by atoms with E-state index in [-0.39, 0.29) is 6.42 Å². The van der Waals surface area contributed by atoms with Crippen LogP contribution < -0.4 is 10.7 Å². The lowest BCUT2D eigenvalue weighted by atomic mass is 10.2. The summed E-state index contributed by atoms with van der Waals surface area (Å²) in [6.07, 6.45) is 1.17. The zero-order chi connectivity index (χ0) is 15.8. The van der Waals surface area contributed by atoms with Crippen LogP contribution in [-0.2, 0) is 9.59 Å². The molecule has 2 aromatic carbocycles. The molecule has 22 heavy (non-hydrogen) atoms. The smallest absolute Gasteiger partial charge is 0.249 e. The van der Waals surface area contributed by atoms with Crippen molar-refractivity contribution in [1.82, 2.24) is 5.43 Å². The summed E-state index contributed by atoms with van der Waals surface area (Å²) in [5, 5.41) is 6.77. The minimum absolute atomic E-state index is 0.336. The molecule has 0 radical (unpaired) electrons. The first kappa shape index (κ1) is 15.7. The Bertz CT molecular complexity index is 687. The Morgan fingerprint density at radius 3 is 2.41 bits per heavy atom. The van der Waals surface area contributed by atoms with Gasteiger partial charge in [-0.15, -0.1) is 0 Å². The SMILES string of the molecule is O=C(CC(=O)Nc1ccccc1Cl)NN=Cc1ccccc1. The van der Waals surface area contributed by atoms with Gasteiger partial charge < -0.3 is 5.32 Å². The number of nitrogens with one attached hydrogen (secondary N) is 2. The zero-order valence-electron chi connectivity index (χ0n) is 11.6. The number of nitrogens with zero attached hydrogens (tertiary/aromatic N) is 1. The van der Waals surface area contributed by atoms with E-state index in [1.54, 1.807) is 24.3 Å². The Labute approximate surface area is 133 Å². The van der Waals surface area contributed by atoms with Crippen molar-refractivity contribution in [1.29, 1.82) is 0 Å². The van der Waals surface area contributed by atoms with Crippen molar-refractivity contribution in [2.75, 3.05) is 5.32 Å². The van der Waals surface area contributed by atoms with Crippen LogP contribution in [0.2, 0.25) is 5.02 Å². The van der Waals surface area contributed by atoms with Gasteiger partial charge in [-0.05, 0) is 17.7 Å². The molecular weight excluding hydrogens is 302 g/mol. The number of benzene rings is 2. The Balaban J connectivity index is 1.81. The second kappa shape index (κ2) is 7.95. The second-order valence-corrected chi connectivity index (χ2v) is 4.82. The molecule has 0 spiro atoms. The zero-order valence-corrected chi connectivity index (χ0v) is 12.4. The molecule has 0 saturated heterocycles. The summed E-state index contributed by atoms with van der Waals surface area (Å²) in [5.41, 5.74) is 3.62. The van der Waals surface area contributed by atoms with Gasteiger partial charge >= 0.3 is 0 Å². The van der Waals surface area contributed by atoms with Gasteiger partial charge in [-0.25, -0.2) is 5.43 Å². The maximum Gasteiger partial charge on any atom is 0.249 e. The van der Waals surface area contributed by atoms with Crippen LogP contribution in [0.3, 0.4) is 0 Å². The van der Waals surface area contributed by atoms with Crippen molar-refractivity contribution in [3.8, 4) is 0 Å². The summed E-state index contributed by atoms with van der Waals surface area (Å²) in [6.45, 7) is 0. The molecule has 0 fully saturated rings. The van der Waals surface area contributed by atoms with E-state index in [1.807, 2.05) is 30.3 Å². The highest BCUT2D eigenvalue weighted by atomic mass is 35.5. The van der Waals surface area contributed by atoms with Crippen LogP contribution in [0.15, 0.2) is 59.7 Å². The molecule has 2 rings (SSSR count). The van der Waals surface area contributed by atoms with Crippen molar-refractivity contribution in [2.24, 2.45) is 5.10 Å². The average Bonchev–Trinajstić information content (AvgIpc) is 2.50. The molecule has 0 bridgehead atoms. The molecule has 0 unspecified atom stereocenters. The quantitative estimate of drug-likeness (QED) is 0.506. The van der Waals surface area contributed by atoms with Gasteiger partial charge in [0, 0.05) is 0 Å². The minimum Gasteiger partial charge on any atom is -0.324 e. The molecule has 0 saturated carbocycles. The summed E-state index contributed by atoms with van der Waals surface area (Å²) >= 11 is 5.92. The molecule has 112 valence electrons. The largest absolute Gasteiger partial charge is 0.324 e. The van der Waals surface area contributed by atoms with E-state index in [0.717, 1.165) is 5.56 Å². The van der Waals surface area contributed by atoms with Crippen LogP contribution in [0.25, 0.3) is 0 Å². The van der Waals surface area contributed by atoms with Crippen LogP contribution in [0, 0.1) is 0 Å². The van der Waals surface area contributed by atoms with E-state index >= 15 is 0 Å². The summed E-state index contributed by atoms with van der Waals surface area (Å²) < 4.78 is 0. The highest BCUT2D eigenvalue weighted by molar-refractivity contribution is 6.33. The van der Waals surface area contributed by atoms with Gasteiger partial charge in [0.1, 0.15) is 6.42 Å². The lowest BCUT2D eigenvalue weighted by molar-refractivity contribution is -0.126. The molecule has 0 aliphatic heterocycles. The predicted molar refractivity (Wildman–Crippen MR) is 86.9 cm³/mol. The molecule has 0 heterocycles. The van der Waals surface area contributed by atoms with E-state index < -0.39 is 11.8 Å². The van der Waals surface area contributed by atoms with E-state index in [0.29, 0.717) is 10.7 Å². The summed E-state index contributed by atoms with van der Waals surface area (Å²) in [5.74, 6) is -0.961. The molecule has 0 aromatic heterocycles. The number of halogens is 1. The molecule has 6 heteroatoms. The highest BCUT2D eigenvalue weighted by Gasteiger charge is 2.10. The maximum absolute atomic E-state index is 11.7. The van der Waals surface area contributed by atoms with Gasteiger partial charge in [0.05, 0.1) is 16.9 Å². The summed E-state index contributed by atoms with van der Waals surface area (Å²) in [7, 11) is 0. The first-order chi connectivity index (χ1) is 10.6. The fourth-order valence-corrected chi connectivity index (χ4v) is 1.84. The molecule has 2 N–H and O–H groups in total. The lowest BCUT2D eigenvalue weighted by Crippen LogP contribution is -2.24. The third-order valence-electron chi connectivity index (χ3n) is 2.67. The van der Waals surface area contributed by atoms with E-state index in [1.165, 1.54) is 6.21 Å². The molecular formula is C16H14ClN3O2. The number of hydrogen-bond acceptors (Lipinski definition) is 3. The number of rotatable bonds is 5. The topological polar surface area (TPSA) is 70.6 Å². The normalized spacial score (nSPS) is 10.4. The minimum atomic E-state index is -0.503. The number of para-hydroxylation sites is 1. The molecule has 5 nitrogen and oxygen atoms in total. The Hall–Kier alpha value is -2.66. The third-order valence-corrected chi connectivity index (χ3v) is 3.00. The van der Waals surface area contributed by atoms with Gasteiger partial charge in [0.25, 0.3) is 0 Å². The number of carbonyl (C=O) groups is 2. The molecule has 2 amide bonds. The van der Waals surface area contributed by atoms with Crippen LogP contribution in [0.4, 0.5) is 5.69 Å². The van der Waals surface area contributed by atoms with E-state index in [9.17, 15) is 9.59 Å². The van der Waals surface area contributed by atoms with Crippen LogP contribution in [0.5, 0.6) is 0 Å². The van der Waals surface area contributed by atoms with Gasteiger partial charge in [-0.1, -0.05) is 54.1 Å². The third kappa shape index (κ3) is 5.03. The van der Waals surface area contributed by atoms with Crippen LogP contribution >= 0.6 is 11.6 Å². The number of amides is 2. The van der Waals surface area contributed by atoms with Crippen molar-refractivity contribution in [2.45, 2.75) is 6.42 Å². The van der Waals surface area contributed by atoms with E-state index in [4.69, 9.17) is 11.6 Å². The highest BCUT2D eigenvalue weighted by Crippen LogP contribution is 2.20. The second-order valence-electron chi connectivity index (χ2n) is 4.41. The van der Waals surface area contributed by atoms with Gasteiger partial charge in [-0.2, -0.15) is 5.10 Å². The predicted octanol–water partition coefficient (Wildman–Crippen LogP) is 2.82. The number of hydrazone groups is 1. The maximum atomic E-state index is 11.7. The van der Waals surface area contributed by atoms with Crippen molar-refractivity contribution < 1.29 is 9.59 Å². The van der Waals surface area contributed by atoms with Crippen LogP contribution in [-0.4, -0.2) is 18.0 Å². The Morgan fingerprint density at radius 1 is 1.00 bits per heavy atom. The lowest BCUT2D eigenvalue weighted by Gasteiger charge is -2.06. The van der Waals surface area contributed by atoms with Gasteiger partial charge in [0.15, 0.2) is 0 Å². The molecule has 2 aromatic rings. The number of hydrogen-bond donors (Lipinski definition) is 2. The standard InChI is InChI=1S/C16H14ClN3O2/c17-13-8-4-5-9-14(13)19-15(21)10-16(22)20-18-11-12-6-2-1-3-7-12/h1-9,11H,10H2,(H,19,21)(H,20,22). The fourth-order valence-electron chi connectivity index (χ4n) is 1.66. The van der Waals surface area contributed by atoms with Crippen LogP contribution in [0.1, 0.15) is 12.0 Å². The first-order valence-electron chi connectivity index (χ1n) is 6.56. The monoisotopic (exact) mass is 315 g/mol.